The Morgan fingerprint density at radius 3 is 2.69 bits per heavy atom. The van der Waals surface area contributed by atoms with E-state index in [1.54, 1.807) is 6.07 Å². The average Bonchev–Trinajstić information content (AvgIpc) is 2.12. The van der Waals surface area contributed by atoms with Crippen LogP contribution in [0.2, 0.25) is 0 Å². The summed E-state index contributed by atoms with van der Waals surface area (Å²) in [5.74, 6) is -0.421. The summed E-state index contributed by atoms with van der Waals surface area (Å²) in [7, 11) is 0. The average molecular weight is 180 g/mol. The summed E-state index contributed by atoms with van der Waals surface area (Å²) in [6.45, 7) is 0. The van der Waals surface area contributed by atoms with Crippen molar-refractivity contribution >= 4 is 12.6 Å². The van der Waals surface area contributed by atoms with Gasteiger partial charge in [0.1, 0.15) is 0 Å². The third-order valence-electron chi connectivity index (χ3n) is 1.34. The molecule has 0 radical (unpaired) electrons. The van der Waals surface area contributed by atoms with Gasteiger partial charge in [0.05, 0.1) is 6.21 Å². The van der Waals surface area contributed by atoms with Crippen molar-refractivity contribution in [3.05, 3.63) is 23.8 Å². The molecule has 0 saturated heterocycles. The number of hydrogen-bond acceptors (Lipinski definition) is 4. The topological polar surface area (TPSA) is 81.9 Å². The molecule has 0 atom stereocenters. The molecule has 1 amide bonds. The molecule has 0 fully saturated rings. The van der Waals surface area contributed by atoms with Crippen molar-refractivity contribution in [2.24, 2.45) is 5.10 Å². The molecule has 1 aromatic carbocycles. The molecule has 0 heterocycles. The molecule has 0 aromatic heterocycles. The van der Waals surface area contributed by atoms with Crippen LogP contribution in [0.25, 0.3) is 0 Å². The minimum atomic E-state index is -0.227. The number of amides is 1. The van der Waals surface area contributed by atoms with Gasteiger partial charge in [-0.15, -0.1) is 0 Å². The summed E-state index contributed by atoms with van der Waals surface area (Å²) in [5.41, 5.74) is 2.65. The number of hydrogen-bond donors (Lipinski definition) is 3. The van der Waals surface area contributed by atoms with Crippen LogP contribution in [0.5, 0.6) is 11.5 Å². The van der Waals surface area contributed by atoms with Crippen LogP contribution >= 0.6 is 0 Å². The molecule has 0 aliphatic heterocycles. The highest BCUT2D eigenvalue weighted by molar-refractivity contribution is 5.81. The van der Waals surface area contributed by atoms with Crippen LogP contribution < -0.4 is 5.43 Å². The summed E-state index contributed by atoms with van der Waals surface area (Å²) in [6, 6.07) is 4.20. The zero-order valence-corrected chi connectivity index (χ0v) is 6.64. The lowest BCUT2D eigenvalue weighted by Crippen LogP contribution is -2.00. The first-order chi connectivity index (χ1) is 6.24. The van der Waals surface area contributed by atoms with E-state index < -0.39 is 0 Å². The van der Waals surface area contributed by atoms with Crippen LogP contribution in [0.1, 0.15) is 5.56 Å². The Balaban J connectivity index is 2.79. The number of nitrogens with zero attached hydrogens (tertiary/aromatic N) is 1. The number of nitrogens with one attached hydrogen (secondary N) is 1. The molecule has 0 unspecified atom stereocenters. The van der Waals surface area contributed by atoms with Gasteiger partial charge in [0.15, 0.2) is 11.5 Å². The van der Waals surface area contributed by atoms with Crippen LogP contribution in [0.15, 0.2) is 23.3 Å². The highest BCUT2D eigenvalue weighted by Crippen LogP contribution is 2.23. The van der Waals surface area contributed by atoms with Crippen molar-refractivity contribution < 1.29 is 15.0 Å². The van der Waals surface area contributed by atoms with Crippen molar-refractivity contribution in [2.75, 3.05) is 0 Å². The molecule has 1 aromatic rings. The first-order valence-electron chi connectivity index (χ1n) is 3.48. The van der Waals surface area contributed by atoms with E-state index in [1.807, 2.05) is 0 Å². The third kappa shape index (κ3) is 2.48. The first kappa shape index (κ1) is 9.05. The van der Waals surface area contributed by atoms with Crippen molar-refractivity contribution in [2.45, 2.75) is 0 Å². The van der Waals surface area contributed by atoms with E-state index in [0.717, 1.165) is 0 Å². The molecule has 68 valence electrons. The molecular weight excluding hydrogens is 172 g/mol. The fourth-order valence-electron chi connectivity index (χ4n) is 0.763. The summed E-state index contributed by atoms with van der Waals surface area (Å²) in [6.07, 6.45) is 1.77. The summed E-state index contributed by atoms with van der Waals surface area (Å²) in [4.78, 5) is 9.80. The Morgan fingerprint density at radius 1 is 1.31 bits per heavy atom. The van der Waals surface area contributed by atoms with Gasteiger partial charge in [-0.2, -0.15) is 5.10 Å². The van der Waals surface area contributed by atoms with Crippen molar-refractivity contribution in [3.63, 3.8) is 0 Å². The lowest BCUT2D eigenvalue weighted by molar-refractivity contribution is -0.109. The standard InChI is InChI=1S/C8H8N2O3/c11-5-10-9-4-6-1-2-7(12)8(13)3-6/h1-5,12-13H,(H,10,11)/b9-4+. The lowest BCUT2D eigenvalue weighted by atomic mass is 10.2. The van der Waals surface area contributed by atoms with Crippen LogP contribution in [0, 0.1) is 0 Å². The second kappa shape index (κ2) is 4.10. The SMILES string of the molecule is O=CN/N=C/c1ccc(O)c(O)c1. The minimum absolute atomic E-state index is 0.194. The molecule has 0 saturated carbocycles. The molecule has 1 rings (SSSR count). The van der Waals surface area contributed by atoms with Crippen molar-refractivity contribution in [1.82, 2.24) is 5.43 Å². The highest BCUT2D eigenvalue weighted by atomic mass is 16.3. The molecule has 0 spiro atoms. The van der Waals surface area contributed by atoms with Crippen LogP contribution in [0.3, 0.4) is 0 Å². The number of carbonyl (C=O) groups excluding carboxylic acids is 1. The van der Waals surface area contributed by atoms with Gasteiger partial charge < -0.3 is 10.2 Å². The summed E-state index contributed by atoms with van der Waals surface area (Å²) >= 11 is 0. The van der Waals surface area contributed by atoms with E-state index in [1.165, 1.54) is 18.3 Å². The summed E-state index contributed by atoms with van der Waals surface area (Å²) in [5, 5.41) is 21.5. The van der Waals surface area contributed by atoms with Gasteiger partial charge in [0, 0.05) is 0 Å². The molecule has 3 N–H and O–H groups in total. The maximum absolute atomic E-state index is 9.80. The Labute approximate surface area is 74.3 Å². The number of hydrazone groups is 1. The zero-order chi connectivity index (χ0) is 9.68. The number of phenolic OH excluding ortho intramolecular Hbond substituents is 2. The highest BCUT2D eigenvalue weighted by Gasteiger charge is 1.97. The number of benzene rings is 1. The maximum Gasteiger partial charge on any atom is 0.227 e. The number of aromatic hydroxyl groups is 2. The van der Waals surface area contributed by atoms with E-state index in [-0.39, 0.29) is 11.5 Å². The molecular formula is C8H8N2O3. The Hall–Kier alpha value is -2.04. The Bertz CT molecular complexity index is 336. The van der Waals surface area contributed by atoms with Gasteiger partial charge in [0.25, 0.3) is 0 Å². The first-order valence-corrected chi connectivity index (χ1v) is 3.48. The van der Waals surface area contributed by atoms with Crippen LogP contribution in [-0.4, -0.2) is 22.8 Å². The zero-order valence-electron chi connectivity index (χ0n) is 6.64. The van der Waals surface area contributed by atoms with E-state index in [4.69, 9.17) is 10.2 Å². The quantitative estimate of drug-likeness (QED) is 0.268. The normalized spacial score (nSPS) is 10.2. The van der Waals surface area contributed by atoms with E-state index >= 15 is 0 Å². The number of rotatable bonds is 3. The van der Waals surface area contributed by atoms with Gasteiger partial charge in [0.2, 0.25) is 6.41 Å². The molecule has 0 bridgehead atoms. The molecule has 5 heteroatoms. The smallest absolute Gasteiger partial charge is 0.227 e. The minimum Gasteiger partial charge on any atom is -0.504 e. The second-order valence-electron chi connectivity index (χ2n) is 2.25. The molecule has 0 aliphatic rings. The number of phenols is 2. The monoisotopic (exact) mass is 180 g/mol. The predicted octanol–water partition coefficient (Wildman–Crippen LogP) is 0.178. The van der Waals surface area contributed by atoms with Gasteiger partial charge in [-0.3, -0.25) is 4.79 Å². The van der Waals surface area contributed by atoms with Crippen LogP contribution in [0.4, 0.5) is 0 Å². The molecule has 13 heavy (non-hydrogen) atoms. The summed E-state index contributed by atoms with van der Waals surface area (Å²) < 4.78 is 0. The maximum atomic E-state index is 9.80. The van der Waals surface area contributed by atoms with E-state index in [2.05, 4.69) is 10.5 Å². The fraction of sp³-hybridized carbons (Fsp3) is 0. The Morgan fingerprint density at radius 2 is 2.08 bits per heavy atom. The molecule has 0 aliphatic carbocycles. The van der Waals surface area contributed by atoms with Crippen LogP contribution in [-0.2, 0) is 4.79 Å². The van der Waals surface area contributed by atoms with Gasteiger partial charge in [-0.1, -0.05) is 0 Å². The van der Waals surface area contributed by atoms with E-state index in [9.17, 15) is 4.79 Å². The largest absolute Gasteiger partial charge is 0.504 e. The Kier molecular flexibility index (Phi) is 2.86. The van der Waals surface area contributed by atoms with Gasteiger partial charge in [-0.25, -0.2) is 5.43 Å². The second-order valence-corrected chi connectivity index (χ2v) is 2.25. The van der Waals surface area contributed by atoms with Crippen molar-refractivity contribution in [3.8, 4) is 11.5 Å². The van der Waals surface area contributed by atoms with Gasteiger partial charge in [-0.05, 0) is 23.8 Å². The predicted molar refractivity (Wildman–Crippen MR) is 46.6 cm³/mol. The number of carbonyl (C=O) groups is 1. The third-order valence-corrected chi connectivity index (χ3v) is 1.34. The molecule has 5 nitrogen and oxygen atoms in total. The van der Waals surface area contributed by atoms with Crippen molar-refractivity contribution in [1.29, 1.82) is 0 Å². The van der Waals surface area contributed by atoms with Gasteiger partial charge >= 0.3 is 0 Å². The lowest BCUT2D eigenvalue weighted by Gasteiger charge is -1.97. The van der Waals surface area contributed by atoms with E-state index in [0.29, 0.717) is 12.0 Å². The fourth-order valence-corrected chi connectivity index (χ4v) is 0.763.